The number of nitrogens with one attached hydrogen (secondary N) is 2. The molecule has 2 N–H and O–H groups in total. The van der Waals surface area contributed by atoms with Gasteiger partial charge in [0.1, 0.15) is 6.54 Å². The van der Waals surface area contributed by atoms with Crippen molar-refractivity contribution in [3.8, 4) is 0 Å². The minimum atomic E-state index is -0.321. The van der Waals surface area contributed by atoms with Crippen LogP contribution in [0.2, 0.25) is 0 Å². The normalized spacial score (nSPS) is 15.9. The molecule has 1 aromatic carbocycles. The lowest BCUT2D eigenvalue weighted by Crippen LogP contribution is -2.35. The van der Waals surface area contributed by atoms with Crippen LogP contribution in [0.4, 0.5) is 5.69 Å². The van der Waals surface area contributed by atoms with Crippen LogP contribution in [0.15, 0.2) is 36.7 Å². The summed E-state index contributed by atoms with van der Waals surface area (Å²) in [5.74, 6) is -0.975. The van der Waals surface area contributed by atoms with E-state index in [9.17, 15) is 19.2 Å². The van der Waals surface area contributed by atoms with E-state index in [1.165, 1.54) is 15.8 Å². The van der Waals surface area contributed by atoms with Gasteiger partial charge >= 0.3 is 0 Å². The predicted molar refractivity (Wildman–Crippen MR) is 112 cm³/mol. The molecule has 1 aliphatic heterocycles. The van der Waals surface area contributed by atoms with E-state index in [-0.39, 0.29) is 49.2 Å². The Hall–Kier alpha value is -3.49. The van der Waals surface area contributed by atoms with Crippen LogP contribution in [-0.4, -0.2) is 50.9 Å². The number of carbonyl (C=O) groups excluding carboxylic acids is 4. The van der Waals surface area contributed by atoms with Gasteiger partial charge in [0, 0.05) is 25.2 Å². The van der Waals surface area contributed by atoms with Crippen molar-refractivity contribution >= 4 is 29.3 Å². The molecule has 1 aromatic heterocycles. The first kappa shape index (κ1) is 20.8. The number of nitrogens with zero attached hydrogens (tertiary/aromatic N) is 3. The molecule has 1 fully saturated rings. The van der Waals surface area contributed by atoms with Gasteiger partial charge in [-0.15, -0.1) is 0 Å². The standard InChI is InChI=1S/C22H25N5O4/c28-19(10-5-11-27-21(30)17-8-3-4-9-18(17)22(27)31)25-16-12-23-26(13-16)14-20(29)24-15-6-1-2-7-15/h3-4,8-9,12-13,15H,1-2,5-7,10-11,14H2,(H,24,29)(H,25,28). The quantitative estimate of drug-likeness (QED) is 0.630. The van der Waals surface area contributed by atoms with Crippen LogP contribution < -0.4 is 10.6 Å². The molecule has 0 spiro atoms. The zero-order valence-electron chi connectivity index (χ0n) is 17.2. The lowest BCUT2D eigenvalue weighted by Gasteiger charge is -2.13. The Morgan fingerprint density at radius 3 is 2.39 bits per heavy atom. The highest BCUT2D eigenvalue weighted by Gasteiger charge is 2.34. The Morgan fingerprint density at radius 1 is 1.03 bits per heavy atom. The van der Waals surface area contributed by atoms with Crippen molar-refractivity contribution in [2.24, 2.45) is 0 Å². The highest BCUT2D eigenvalue weighted by atomic mass is 16.2. The van der Waals surface area contributed by atoms with Gasteiger partial charge in [0.05, 0.1) is 23.0 Å². The van der Waals surface area contributed by atoms with E-state index in [0.29, 0.717) is 23.2 Å². The number of imide groups is 1. The maximum atomic E-state index is 12.3. The molecule has 162 valence electrons. The molecule has 4 amide bonds. The molecule has 31 heavy (non-hydrogen) atoms. The largest absolute Gasteiger partial charge is 0.352 e. The molecule has 0 saturated heterocycles. The van der Waals surface area contributed by atoms with E-state index in [2.05, 4.69) is 15.7 Å². The summed E-state index contributed by atoms with van der Waals surface area (Å²) in [7, 11) is 0. The average molecular weight is 423 g/mol. The molecule has 2 heterocycles. The van der Waals surface area contributed by atoms with E-state index in [1.807, 2.05) is 0 Å². The van der Waals surface area contributed by atoms with Gasteiger partial charge in [-0.3, -0.25) is 28.8 Å². The first-order valence-corrected chi connectivity index (χ1v) is 10.6. The smallest absolute Gasteiger partial charge is 0.261 e. The second kappa shape index (κ2) is 9.11. The zero-order chi connectivity index (χ0) is 21.8. The third-order valence-electron chi connectivity index (χ3n) is 5.61. The molecule has 2 aromatic rings. The number of anilines is 1. The second-order valence-corrected chi connectivity index (χ2v) is 7.93. The summed E-state index contributed by atoms with van der Waals surface area (Å²) in [4.78, 5) is 50.1. The maximum absolute atomic E-state index is 12.3. The molecule has 0 bridgehead atoms. The van der Waals surface area contributed by atoms with Gasteiger partial charge in [0.25, 0.3) is 11.8 Å². The Labute approximate surface area is 179 Å². The third-order valence-corrected chi connectivity index (χ3v) is 5.61. The van der Waals surface area contributed by atoms with Crippen LogP contribution in [0.5, 0.6) is 0 Å². The summed E-state index contributed by atoms with van der Waals surface area (Å²) < 4.78 is 1.48. The molecule has 1 saturated carbocycles. The first-order chi connectivity index (χ1) is 15.0. The summed E-state index contributed by atoms with van der Waals surface area (Å²) in [6.07, 6.45) is 7.95. The van der Waals surface area contributed by atoms with Crippen LogP contribution >= 0.6 is 0 Å². The number of rotatable bonds is 8. The number of benzene rings is 1. The minimum Gasteiger partial charge on any atom is -0.352 e. The van der Waals surface area contributed by atoms with Gasteiger partial charge in [0.2, 0.25) is 11.8 Å². The topological polar surface area (TPSA) is 113 Å². The SMILES string of the molecule is O=C(CCCN1C(=O)c2ccccc2C1=O)Nc1cnn(CC(=O)NC2CCCC2)c1. The second-order valence-electron chi connectivity index (χ2n) is 7.93. The van der Waals surface area contributed by atoms with Crippen LogP contribution in [0.25, 0.3) is 0 Å². The maximum Gasteiger partial charge on any atom is 0.261 e. The lowest BCUT2D eigenvalue weighted by atomic mass is 10.1. The molecular weight excluding hydrogens is 398 g/mol. The van der Waals surface area contributed by atoms with Gasteiger partial charge in [-0.05, 0) is 31.4 Å². The summed E-state index contributed by atoms with van der Waals surface area (Å²) in [5, 5.41) is 9.84. The van der Waals surface area contributed by atoms with Gasteiger partial charge in [-0.1, -0.05) is 25.0 Å². The number of hydrogen-bond donors (Lipinski definition) is 2. The molecule has 0 radical (unpaired) electrons. The average Bonchev–Trinajstić information content (AvgIpc) is 3.46. The van der Waals surface area contributed by atoms with Crippen molar-refractivity contribution in [2.45, 2.75) is 51.1 Å². The van der Waals surface area contributed by atoms with Gasteiger partial charge < -0.3 is 10.6 Å². The summed E-state index contributed by atoms with van der Waals surface area (Å²) in [5.41, 5.74) is 1.31. The number of amides is 4. The van der Waals surface area contributed by atoms with E-state index in [0.717, 1.165) is 25.7 Å². The Morgan fingerprint density at radius 2 is 1.71 bits per heavy atom. The molecule has 1 aliphatic carbocycles. The van der Waals surface area contributed by atoms with Gasteiger partial charge in [-0.25, -0.2) is 0 Å². The molecular formula is C22H25N5O4. The van der Waals surface area contributed by atoms with Gasteiger partial charge in [0.15, 0.2) is 0 Å². The highest BCUT2D eigenvalue weighted by Crippen LogP contribution is 2.22. The molecule has 0 atom stereocenters. The van der Waals surface area contributed by atoms with Crippen LogP contribution in [0.1, 0.15) is 59.2 Å². The summed E-state index contributed by atoms with van der Waals surface area (Å²) in [6, 6.07) is 6.96. The fourth-order valence-electron chi connectivity index (χ4n) is 4.07. The van der Waals surface area contributed by atoms with E-state index >= 15 is 0 Å². The number of hydrogen-bond acceptors (Lipinski definition) is 5. The summed E-state index contributed by atoms with van der Waals surface area (Å²) in [6.45, 7) is 0.284. The van der Waals surface area contributed by atoms with Crippen molar-refractivity contribution in [1.82, 2.24) is 20.0 Å². The fraction of sp³-hybridized carbons (Fsp3) is 0.409. The van der Waals surface area contributed by atoms with Crippen molar-refractivity contribution in [3.63, 3.8) is 0 Å². The minimum absolute atomic E-state index is 0.0891. The van der Waals surface area contributed by atoms with Crippen molar-refractivity contribution in [3.05, 3.63) is 47.8 Å². The molecule has 0 unspecified atom stereocenters. The van der Waals surface area contributed by atoms with E-state index in [4.69, 9.17) is 0 Å². The van der Waals surface area contributed by atoms with Crippen molar-refractivity contribution in [1.29, 1.82) is 0 Å². The molecule has 4 rings (SSSR count). The number of carbonyl (C=O) groups is 4. The Kier molecular flexibility index (Phi) is 6.11. The third kappa shape index (κ3) is 4.82. The summed E-state index contributed by atoms with van der Waals surface area (Å²) >= 11 is 0. The Bertz CT molecular complexity index is 974. The molecule has 2 aliphatic rings. The van der Waals surface area contributed by atoms with E-state index < -0.39 is 0 Å². The number of fused-ring (bicyclic) bond motifs is 1. The van der Waals surface area contributed by atoms with Crippen molar-refractivity contribution in [2.75, 3.05) is 11.9 Å². The first-order valence-electron chi connectivity index (χ1n) is 10.6. The van der Waals surface area contributed by atoms with Gasteiger partial charge in [-0.2, -0.15) is 5.10 Å². The molecule has 9 heteroatoms. The highest BCUT2D eigenvalue weighted by molar-refractivity contribution is 6.21. The van der Waals surface area contributed by atoms with Crippen LogP contribution in [0.3, 0.4) is 0 Å². The van der Waals surface area contributed by atoms with Crippen molar-refractivity contribution < 1.29 is 19.2 Å². The Balaban J connectivity index is 1.21. The fourth-order valence-corrected chi connectivity index (χ4v) is 4.07. The van der Waals surface area contributed by atoms with Crippen LogP contribution in [-0.2, 0) is 16.1 Å². The van der Waals surface area contributed by atoms with Crippen LogP contribution in [0, 0.1) is 0 Å². The monoisotopic (exact) mass is 423 g/mol. The lowest BCUT2D eigenvalue weighted by molar-refractivity contribution is -0.122. The predicted octanol–water partition coefficient (Wildman–Crippen LogP) is 1.96. The number of aromatic nitrogens is 2. The molecule has 9 nitrogen and oxygen atoms in total. The van der Waals surface area contributed by atoms with E-state index in [1.54, 1.807) is 30.5 Å². The zero-order valence-corrected chi connectivity index (χ0v) is 17.2.